The van der Waals surface area contributed by atoms with Crippen LogP contribution in [0.25, 0.3) is 0 Å². The minimum Gasteiger partial charge on any atom is -0.364 e. The van der Waals surface area contributed by atoms with Gasteiger partial charge in [-0.05, 0) is 41.1 Å². The Labute approximate surface area is 143 Å². The van der Waals surface area contributed by atoms with Gasteiger partial charge in [0.05, 0.1) is 4.92 Å². The average Bonchev–Trinajstić information content (AvgIpc) is 2.72. The number of benzene rings is 1. The van der Waals surface area contributed by atoms with Crippen molar-refractivity contribution in [2.24, 2.45) is 5.92 Å². The molecule has 6 nitrogen and oxygen atoms in total. The molecule has 1 aliphatic rings. The second-order valence-electron chi connectivity index (χ2n) is 5.71. The molecule has 1 aromatic rings. The van der Waals surface area contributed by atoms with Crippen LogP contribution in [0.15, 0.2) is 18.2 Å². The lowest BCUT2D eigenvalue weighted by molar-refractivity contribution is -0.384. The van der Waals surface area contributed by atoms with Gasteiger partial charge in [0.15, 0.2) is 0 Å². The van der Waals surface area contributed by atoms with Gasteiger partial charge in [-0.15, -0.1) is 0 Å². The normalized spacial score (nSPS) is 15.8. The molecule has 0 unspecified atom stereocenters. The SMILES string of the molecule is CC(C)C(=O)N1CCCN(c2ccc(I)cc2[N+](=O)[O-])CC1. The number of rotatable bonds is 3. The summed E-state index contributed by atoms with van der Waals surface area (Å²) >= 11 is 2.08. The number of amides is 1. The van der Waals surface area contributed by atoms with E-state index in [2.05, 4.69) is 22.6 Å². The average molecular weight is 417 g/mol. The van der Waals surface area contributed by atoms with Crippen LogP contribution < -0.4 is 4.90 Å². The summed E-state index contributed by atoms with van der Waals surface area (Å²) in [6.45, 7) is 6.47. The van der Waals surface area contributed by atoms with E-state index in [9.17, 15) is 14.9 Å². The van der Waals surface area contributed by atoms with Gasteiger partial charge in [-0.2, -0.15) is 0 Å². The van der Waals surface area contributed by atoms with Crippen LogP contribution in [0.3, 0.4) is 0 Å². The molecule has 120 valence electrons. The molecule has 1 fully saturated rings. The maximum absolute atomic E-state index is 12.1. The van der Waals surface area contributed by atoms with Crippen LogP contribution in [0.4, 0.5) is 11.4 Å². The highest BCUT2D eigenvalue weighted by Gasteiger charge is 2.25. The molecule has 0 aromatic heterocycles. The van der Waals surface area contributed by atoms with Gasteiger partial charge in [-0.3, -0.25) is 14.9 Å². The Hall–Kier alpha value is -1.38. The number of carbonyl (C=O) groups excluding carboxylic acids is 1. The Morgan fingerprint density at radius 2 is 2.00 bits per heavy atom. The summed E-state index contributed by atoms with van der Waals surface area (Å²) in [7, 11) is 0. The molecular weight excluding hydrogens is 397 g/mol. The van der Waals surface area contributed by atoms with E-state index in [0.29, 0.717) is 25.3 Å². The molecular formula is C15H20IN3O3. The fourth-order valence-corrected chi connectivity index (χ4v) is 3.13. The van der Waals surface area contributed by atoms with Gasteiger partial charge in [0, 0.05) is 41.7 Å². The molecule has 0 radical (unpaired) electrons. The van der Waals surface area contributed by atoms with Crippen molar-refractivity contribution < 1.29 is 9.72 Å². The van der Waals surface area contributed by atoms with Crippen molar-refractivity contribution in [1.29, 1.82) is 0 Å². The van der Waals surface area contributed by atoms with Crippen LogP contribution >= 0.6 is 22.6 Å². The Balaban J connectivity index is 2.18. The van der Waals surface area contributed by atoms with Gasteiger partial charge >= 0.3 is 0 Å². The Morgan fingerprint density at radius 1 is 1.27 bits per heavy atom. The molecule has 2 rings (SSSR count). The van der Waals surface area contributed by atoms with Crippen LogP contribution in [0.2, 0.25) is 0 Å². The molecule has 0 atom stereocenters. The number of nitrogens with zero attached hydrogens (tertiary/aromatic N) is 3. The second-order valence-corrected chi connectivity index (χ2v) is 6.96. The fourth-order valence-electron chi connectivity index (χ4n) is 2.65. The van der Waals surface area contributed by atoms with E-state index >= 15 is 0 Å². The van der Waals surface area contributed by atoms with E-state index in [0.717, 1.165) is 16.5 Å². The zero-order chi connectivity index (χ0) is 16.3. The molecule has 0 N–H and O–H groups in total. The van der Waals surface area contributed by atoms with E-state index < -0.39 is 0 Å². The Kier molecular flexibility index (Phi) is 5.60. The lowest BCUT2D eigenvalue weighted by Gasteiger charge is -2.24. The van der Waals surface area contributed by atoms with Crippen LogP contribution in [-0.4, -0.2) is 41.9 Å². The molecule has 22 heavy (non-hydrogen) atoms. The summed E-state index contributed by atoms with van der Waals surface area (Å²) in [4.78, 5) is 26.9. The van der Waals surface area contributed by atoms with Crippen molar-refractivity contribution in [3.05, 3.63) is 31.9 Å². The predicted octanol–water partition coefficient (Wildman–Crippen LogP) is 2.89. The van der Waals surface area contributed by atoms with Crippen molar-refractivity contribution in [1.82, 2.24) is 4.90 Å². The zero-order valence-electron chi connectivity index (χ0n) is 12.8. The van der Waals surface area contributed by atoms with Crippen molar-refractivity contribution in [3.63, 3.8) is 0 Å². The van der Waals surface area contributed by atoms with Crippen LogP contribution in [0, 0.1) is 19.6 Å². The quantitative estimate of drug-likeness (QED) is 0.431. The maximum Gasteiger partial charge on any atom is 0.293 e. The van der Waals surface area contributed by atoms with E-state index in [1.165, 1.54) is 0 Å². The van der Waals surface area contributed by atoms with Crippen LogP contribution in [0.1, 0.15) is 20.3 Å². The predicted molar refractivity (Wildman–Crippen MR) is 94.1 cm³/mol. The number of halogens is 1. The number of hydrogen-bond donors (Lipinski definition) is 0. The van der Waals surface area contributed by atoms with Gasteiger partial charge < -0.3 is 9.80 Å². The maximum atomic E-state index is 12.1. The molecule has 1 aromatic carbocycles. The monoisotopic (exact) mass is 417 g/mol. The first-order valence-corrected chi connectivity index (χ1v) is 8.45. The van der Waals surface area contributed by atoms with Crippen molar-refractivity contribution in [2.45, 2.75) is 20.3 Å². The standard InChI is InChI=1S/C15H20IN3O3/c1-11(2)15(20)18-7-3-6-17(8-9-18)13-5-4-12(16)10-14(13)19(21)22/h4-5,10-11H,3,6-9H2,1-2H3. The first-order chi connectivity index (χ1) is 10.4. The summed E-state index contributed by atoms with van der Waals surface area (Å²) in [5.74, 6) is 0.137. The molecule has 7 heteroatoms. The third-order valence-electron chi connectivity index (χ3n) is 3.78. The first kappa shape index (κ1) is 17.0. The molecule has 0 spiro atoms. The molecule has 0 saturated carbocycles. The summed E-state index contributed by atoms with van der Waals surface area (Å²) in [5, 5.41) is 11.3. The summed E-state index contributed by atoms with van der Waals surface area (Å²) in [6, 6.07) is 5.28. The second kappa shape index (κ2) is 7.26. The third kappa shape index (κ3) is 3.88. The highest BCUT2D eigenvalue weighted by atomic mass is 127. The largest absolute Gasteiger partial charge is 0.364 e. The minimum atomic E-state index is -0.334. The summed E-state index contributed by atoms with van der Waals surface area (Å²) < 4.78 is 0.847. The summed E-state index contributed by atoms with van der Waals surface area (Å²) in [6.07, 6.45) is 0.821. The number of anilines is 1. The number of carbonyl (C=O) groups is 1. The number of nitro groups is 1. The van der Waals surface area contributed by atoms with Gasteiger partial charge in [0.25, 0.3) is 5.69 Å². The van der Waals surface area contributed by atoms with Crippen molar-refractivity contribution in [2.75, 3.05) is 31.1 Å². The van der Waals surface area contributed by atoms with E-state index in [-0.39, 0.29) is 22.4 Å². The van der Waals surface area contributed by atoms with E-state index in [1.54, 1.807) is 12.1 Å². The number of hydrogen-bond acceptors (Lipinski definition) is 4. The van der Waals surface area contributed by atoms with Crippen LogP contribution in [0.5, 0.6) is 0 Å². The zero-order valence-corrected chi connectivity index (χ0v) is 14.9. The smallest absolute Gasteiger partial charge is 0.293 e. The first-order valence-electron chi connectivity index (χ1n) is 7.38. The highest BCUT2D eigenvalue weighted by molar-refractivity contribution is 14.1. The van der Waals surface area contributed by atoms with E-state index in [4.69, 9.17) is 0 Å². The highest BCUT2D eigenvalue weighted by Crippen LogP contribution is 2.30. The van der Waals surface area contributed by atoms with Gasteiger partial charge in [0.2, 0.25) is 5.91 Å². The van der Waals surface area contributed by atoms with Gasteiger partial charge in [0.1, 0.15) is 5.69 Å². The molecule has 1 aliphatic heterocycles. The van der Waals surface area contributed by atoms with Crippen LogP contribution in [-0.2, 0) is 4.79 Å². The fraction of sp³-hybridized carbons (Fsp3) is 0.533. The molecule has 0 bridgehead atoms. The lowest BCUT2D eigenvalue weighted by atomic mass is 10.2. The molecule has 1 heterocycles. The number of nitro benzene ring substituents is 1. The Morgan fingerprint density at radius 3 is 2.64 bits per heavy atom. The molecule has 1 saturated heterocycles. The Bertz CT molecular complexity index is 577. The summed E-state index contributed by atoms with van der Waals surface area (Å²) in [5.41, 5.74) is 0.778. The van der Waals surface area contributed by atoms with Crippen molar-refractivity contribution >= 4 is 39.9 Å². The lowest BCUT2D eigenvalue weighted by Crippen LogP contribution is -2.37. The van der Waals surface area contributed by atoms with Gasteiger partial charge in [-0.1, -0.05) is 13.8 Å². The molecule has 1 amide bonds. The molecule has 0 aliphatic carbocycles. The van der Waals surface area contributed by atoms with Gasteiger partial charge in [-0.25, -0.2) is 0 Å². The third-order valence-corrected chi connectivity index (χ3v) is 4.45. The van der Waals surface area contributed by atoms with E-state index in [1.807, 2.05) is 29.7 Å². The topological polar surface area (TPSA) is 66.7 Å². The minimum absolute atomic E-state index is 0.0146. The van der Waals surface area contributed by atoms with Crippen molar-refractivity contribution in [3.8, 4) is 0 Å².